The van der Waals surface area contributed by atoms with Crippen molar-refractivity contribution < 1.29 is 0 Å². The lowest BCUT2D eigenvalue weighted by atomic mass is 9.93. The van der Waals surface area contributed by atoms with E-state index < -0.39 is 0 Å². The molecule has 0 amide bonds. The monoisotopic (exact) mass is 481 g/mol. The van der Waals surface area contributed by atoms with Gasteiger partial charge in [-0.05, 0) is 66.2 Å². The fraction of sp³-hybridized carbons (Fsp3) is 0.147. The summed E-state index contributed by atoms with van der Waals surface area (Å²) < 4.78 is 0. The maximum atomic E-state index is 5.02. The standard InChI is InChI=1S/C34H31N3/c1-4-5-11-25(3)28-14-9-16-30(22-28)33-35-32(27-20-18-24(2)19-21-27)36-34(37-33)31-17-10-15-29(23-31)26-12-7-6-8-13-26/h4-9,11-16,18-20,22-23,27H,1,3,10,17,21H2,2H3/b11-5-. The average molecular weight is 482 g/mol. The molecule has 1 atom stereocenters. The minimum absolute atomic E-state index is 0.131. The second-order valence-corrected chi connectivity index (χ2v) is 9.42. The summed E-state index contributed by atoms with van der Waals surface area (Å²) in [6.07, 6.45) is 19.5. The van der Waals surface area contributed by atoms with E-state index in [9.17, 15) is 0 Å². The van der Waals surface area contributed by atoms with Crippen LogP contribution in [0.5, 0.6) is 0 Å². The number of aromatic nitrogens is 3. The first kappa shape index (κ1) is 24.3. The summed E-state index contributed by atoms with van der Waals surface area (Å²) in [4.78, 5) is 15.0. The fourth-order valence-corrected chi connectivity index (χ4v) is 4.60. The molecule has 5 rings (SSSR count). The van der Waals surface area contributed by atoms with Gasteiger partial charge >= 0.3 is 0 Å². The van der Waals surface area contributed by atoms with Crippen molar-refractivity contribution in [1.82, 2.24) is 15.0 Å². The lowest BCUT2D eigenvalue weighted by Gasteiger charge is -2.18. The third-order valence-corrected chi connectivity index (χ3v) is 6.70. The van der Waals surface area contributed by atoms with Gasteiger partial charge in [0.25, 0.3) is 0 Å². The molecule has 0 radical (unpaired) electrons. The van der Waals surface area contributed by atoms with E-state index in [4.69, 9.17) is 15.0 Å². The molecule has 0 N–H and O–H groups in total. The molecule has 1 unspecified atom stereocenters. The number of allylic oxidation sites excluding steroid dienone is 12. The van der Waals surface area contributed by atoms with Crippen LogP contribution in [0.15, 0.2) is 122 Å². The number of hydrogen-bond acceptors (Lipinski definition) is 3. The van der Waals surface area contributed by atoms with Gasteiger partial charge in [0, 0.05) is 11.5 Å². The second-order valence-electron chi connectivity index (χ2n) is 9.42. The first-order valence-corrected chi connectivity index (χ1v) is 12.8. The van der Waals surface area contributed by atoms with Crippen molar-refractivity contribution in [3.8, 4) is 11.4 Å². The Morgan fingerprint density at radius 1 is 0.946 bits per heavy atom. The molecule has 1 aromatic heterocycles. The van der Waals surface area contributed by atoms with Gasteiger partial charge in [0.15, 0.2) is 11.6 Å². The van der Waals surface area contributed by atoms with E-state index in [-0.39, 0.29) is 5.92 Å². The summed E-state index contributed by atoms with van der Waals surface area (Å²) in [5.74, 6) is 2.40. The molecule has 2 aromatic carbocycles. The molecule has 0 saturated heterocycles. The molecule has 2 aliphatic carbocycles. The van der Waals surface area contributed by atoms with Crippen LogP contribution in [-0.2, 0) is 0 Å². The molecule has 0 saturated carbocycles. The highest BCUT2D eigenvalue weighted by Gasteiger charge is 2.20. The number of nitrogens with zero attached hydrogens (tertiary/aromatic N) is 3. The van der Waals surface area contributed by atoms with Crippen molar-refractivity contribution in [3.63, 3.8) is 0 Å². The van der Waals surface area contributed by atoms with E-state index in [0.29, 0.717) is 5.82 Å². The number of benzene rings is 2. The Kier molecular flexibility index (Phi) is 7.32. The van der Waals surface area contributed by atoms with Crippen molar-refractivity contribution in [3.05, 3.63) is 145 Å². The summed E-state index contributed by atoms with van der Waals surface area (Å²) in [5, 5.41) is 0. The van der Waals surface area contributed by atoms with E-state index in [1.165, 1.54) is 16.7 Å². The van der Waals surface area contributed by atoms with Gasteiger partial charge in [0.1, 0.15) is 5.82 Å². The molecule has 0 spiro atoms. The molecule has 3 nitrogen and oxygen atoms in total. The Labute approximate surface area is 219 Å². The van der Waals surface area contributed by atoms with Crippen molar-refractivity contribution >= 4 is 16.7 Å². The summed E-state index contributed by atoms with van der Waals surface area (Å²) in [7, 11) is 0. The van der Waals surface area contributed by atoms with Crippen LogP contribution < -0.4 is 0 Å². The third-order valence-electron chi connectivity index (χ3n) is 6.70. The zero-order valence-electron chi connectivity index (χ0n) is 21.3. The smallest absolute Gasteiger partial charge is 0.163 e. The SMILES string of the molecule is C=C/C=C\C(=C)c1cccc(-c2nc(C3=CC(c4ccccc4)=CCC3)nc(C3C=CC(C)=CC3)n2)c1. The van der Waals surface area contributed by atoms with Gasteiger partial charge < -0.3 is 0 Å². The summed E-state index contributed by atoms with van der Waals surface area (Å²) in [5.41, 5.74) is 7.75. The summed E-state index contributed by atoms with van der Waals surface area (Å²) in [6, 6.07) is 18.7. The van der Waals surface area contributed by atoms with Crippen LogP contribution in [0.2, 0.25) is 0 Å². The quantitative estimate of drug-likeness (QED) is 0.317. The molecule has 3 heteroatoms. The second kappa shape index (κ2) is 11.1. The van der Waals surface area contributed by atoms with Crippen LogP contribution in [-0.4, -0.2) is 15.0 Å². The molecule has 0 fully saturated rings. The van der Waals surface area contributed by atoms with Crippen LogP contribution in [0.1, 0.15) is 54.9 Å². The van der Waals surface area contributed by atoms with Gasteiger partial charge in [0.2, 0.25) is 0 Å². The molecule has 2 aliphatic rings. The fourth-order valence-electron chi connectivity index (χ4n) is 4.60. The summed E-state index contributed by atoms with van der Waals surface area (Å²) in [6.45, 7) is 10.1. The van der Waals surface area contributed by atoms with Crippen molar-refractivity contribution in [2.75, 3.05) is 0 Å². The molecular weight excluding hydrogens is 450 g/mol. The highest BCUT2D eigenvalue weighted by atomic mass is 15.0. The molecule has 0 bridgehead atoms. The Bertz CT molecular complexity index is 1480. The van der Waals surface area contributed by atoms with Gasteiger partial charge in [-0.2, -0.15) is 0 Å². The molecule has 182 valence electrons. The van der Waals surface area contributed by atoms with Gasteiger partial charge in [-0.1, -0.05) is 110 Å². The van der Waals surface area contributed by atoms with E-state index in [0.717, 1.165) is 53.2 Å². The normalized spacial score (nSPS) is 17.2. The zero-order valence-corrected chi connectivity index (χ0v) is 21.3. The van der Waals surface area contributed by atoms with E-state index in [1.54, 1.807) is 6.08 Å². The Hall–Kier alpha value is -4.37. The lowest BCUT2D eigenvalue weighted by Crippen LogP contribution is -2.10. The first-order valence-electron chi connectivity index (χ1n) is 12.8. The Morgan fingerprint density at radius 3 is 2.54 bits per heavy atom. The lowest BCUT2D eigenvalue weighted by molar-refractivity contribution is 0.750. The van der Waals surface area contributed by atoms with Gasteiger partial charge in [-0.25, -0.2) is 15.0 Å². The Morgan fingerprint density at radius 2 is 1.76 bits per heavy atom. The molecule has 0 aliphatic heterocycles. The maximum absolute atomic E-state index is 5.02. The predicted molar refractivity (Wildman–Crippen MR) is 156 cm³/mol. The average Bonchev–Trinajstić information content (AvgIpc) is 2.96. The number of rotatable bonds is 7. The molecule has 37 heavy (non-hydrogen) atoms. The van der Waals surface area contributed by atoms with E-state index in [2.05, 4.69) is 92.9 Å². The largest absolute Gasteiger partial charge is 0.213 e. The number of hydrogen-bond donors (Lipinski definition) is 0. The van der Waals surface area contributed by atoms with Crippen LogP contribution >= 0.6 is 0 Å². The van der Waals surface area contributed by atoms with Crippen LogP contribution in [0.25, 0.3) is 28.1 Å². The molecule has 3 aromatic rings. The highest BCUT2D eigenvalue weighted by molar-refractivity contribution is 5.84. The van der Waals surface area contributed by atoms with Gasteiger partial charge in [0.05, 0.1) is 0 Å². The van der Waals surface area contributed by atoms with Gasteiger partial charge in [-0.3, -0.25) is 0 Å². The maximum Gasteiger partial charge on any atom is 0.163 e. The predicted octanol–water partition coefficient (Wildman–Crippen LogP) is 8.54. The van der Waals surface area contributed by atoms with E-state index in [1.807, 2.05) is 24.3 Å². The third kappa shape index (κ3) is 5.73. The topological polar surface area (TPSA) is 38.7 Å². The van der Waals surface area contributed by atoms with Crippen LogP contribution in [0.4, 0.5) is 0 Å². The Balaban J connectivity index is 1.58. The van der Waals surface area contributed by atoms with Gasteiger partial charge in [-0.15, -0.1) is 0 Å². The highest BCUT2D eigenvalue weighted by Crippen LogP contribution is 2.32. The first-order chi connectivity index (χ1) is 18.1. The summed E-state index contributed by atoms with van der Waals surface area (Å²) >= 11 is 0. The minimum atomic E-state index is 0.131. The van der Waals surface area contributed by atoms with Crippen LogP contribution in [0, 0.1) is 0 Å². The van der Waals surface area contributed by atoms with Crippen molar-refractivity contribution in [2.45, 2.75) is 32.1 Å². The molecule has 1 heterocycles. The molecular formula is C34H31N3. The van der Waals surface area contributed by atoms with Crippen molar-refractivity contribution in [2.24, 2.45) is 0 Å². The minimum Gasteiger partial charge on any atom is -0.213 e. The van der Waals surface area contributed by atoms with E-state index >= 15 is 0 Å². The van der Waals surface area contributed by atoms with Crippen LogP contribution in [0.3, 0.4) is 0 Å². The zero-order chi connectivity index (χ0) is 25.6. The van der Waals surface area contributed by atoms with Crippen molar-refractivity contribution in [1.29, 1.82) is 0 Å².